The molecular formula is C22H20Cl2N2O3S. The number of nitrogens with one attached hydrogen (secondary N) is 1. The first-order valence-electron chi connectivity index (χ1n) is 9.04. The van der Waals surface area contributed by atoms with E-state index in [-0.39, 0.29) is 17.5 Å². The average molecular weight is 463 g/mol. The van der Waals surface area contributed by atoms with E-state index in [4.69, 9.17) is 23.2 Å². The van der Waals surface area contributed by atoms with Crippen molar-refractivity contribution in [3.63, 3.8) is 0 Å². The van der Waals surface area contributed by atoms with Crippen molar-refractivity contribution in [2.75, 3.05) is 15.9 Å². The lowest BCUT2D eigenvalue weighted by Crippen LogP contribution is -2.29. The van der Waals surface area contributed by atoms with Crippen LogP contribution in [0.5, 0.6) is 0 Å². The van der Waals surface area contributed by atoms with Crippen molar-refractivity contribution in [3.8, 4) is 0 Å². The predicted octanol–water partition coefficient (Wildman–Crippen LogP) is 5.52. The number of aryl methyl sites for hydroxylation is 1. The Bertz CT molecular complexity index is 1180. The molecule has 0 heterocycles. The average Bonchev–Trinajstić information content (AvgIpc) is 2.70. The Labute approximate surface area is 186 Å². The molecule has 30 heavy (non-hydrogen) atoms. The zero-order chi connectivity index (χ0) is 21.9. The Morgan fingerprint density at radius 3 is 2.27 bits per heavy atom. The van der Waals surface area contributed by atoms with Crippen molar-refractivity contribution < 1.29 is 13.2 Å². The van der Waals surface area contributed by atoms with E-state index < -0.39 is 10.0 Å². The molecule has 5 nitrogen and oxygen atoms in total. The van der Waals surface area contributed by atoms with Gasteiger partial charge in [0, 0.05) is 5.56 Å². The van der Waals surface area contributed by atoms with Gasteiger partial charge in [0.15, 0.2) is 0 Å². The van der Waals surface area contributed by atoms with Gasteiger partial charge >= 0.3 is 0 Å². The van der Waals surface area contributed by atoms with Crippen LogP contribution in [0.3, 0.4) is 0 Å². The summed E-state index contributed by atoms with van der Waals surface area (Å²) < 4.78 is 26.1. The highest BCUT2D eigenvalue weighted by Gasteiger charge is 2.19. The molecule has 3 rings (SSSR count). The Morgan fingerprint density at radius 1 is 0.967 bits per heavy atom. The first-order valence-corrected chi connectivity index (χ1v) is 11.6. The lowest BCUT2D eigenvalue weighted by Gasteiger charge is -2.23. The Morgan fingerprint density at radius 2 is 1.63 bits per heavy atom. The monoisotopic (exact) mass is 462 g/mol. The van der Waals surface area contributed by atoms with Crippen LogP contribution in [-0.2, 0) is 16.6 Å². The zero-order valence-corrected chi connectivity index (χ0v) is 18.7. The molecule has 156 valence electrons. The molecule has 1 N–H and O–H groups in total. The fourth-order valence-electron chi connectivity index (χ4n) is 2.92. The summed E-state index contributed by atoms with van der Waals surface area (Å²) in [6.07, 6.45) is 1.16. The fourth-order valence-corrected chi connectivity index (χ4v) is 4.14. The van der Waals surface area contributed by atoms with Gasteiger partial charge in [-0.1, -0.05) is 53.5 Å². The van der Waals surface area contributed by atoms with Crippen LogP contribution in [0, 0.1) is 6.92 Å². The van der Waals surface area contributed by atoms with Crippen molar-refractivity contribution >= 4 is 50.5 Å². The number of amides is 1. The second-order valence-corrected chi connectivity index (χ2v) is 9.49. The molecule has 0 aromatic heterocycles. The van der Waals surface area contributed by atoms with E-state index in [9.17, 15) is 13.2 Å². The molecule has 0 aliphatic carbocycles. The minimum absolute atomic E-state index is 0.204. The number of hydrogen-bond acceptors (Lipinski definition) is 3. The van der Waals surface area contributed by atoms with Crippen molar-refractivity contribution in [2.24, 2.45) is 0 Å². The maximum atomic E-state index is 12.5. The van der Waals surface area contributed by atoms with Gasteiger partial charge in [-0.2, -0.15) is 0 Å². The maximum absolute atomic E-state index is 12.5. The van der Waals surface area contributed by atoms with Gasteiger partial charge in [0.2, 0.25) is 10.0 Å². The number of nitrogens with zero attached hydrogens (tertiary/aromatic N) is 1. The number of carbonyl (C=O) groups excluding carboxylic acids is 1. The first-order chi connectivity index (χ1) is 14.2. The lowest BCUT2D eigenvalue weighted by atomic mass is 10.1. The topological polar surface area (TPSA) is 66.5 Å². The molecule has 0 aliphatic rings. The summed E-state index contributed by atoms with van der Waals surface area (Å²) in [6.45, 7) is 2.14. The molecule has 0 aliphatic heterocycles. The van der Waals surface area contributed by atoms with Gasteiger partial charge in [0.25, 0.3) is 5.91 Å². The van der Waals surface area contributed by atoms with Crippen molar-refractivity contribution in [1.29, 1.82) is 0 Å². The van der Waals surface area contributed by atoms with E-state index in [0.29, 0.717) is 22.0 Å². The molecule has 3 aromatic rings. The molecule has 0 bridgehead atoms. The van der Waals surface area contributed by atoms with E-state index in [1.54, 1.807) is 42.5 Å². The standard InChI is InChI=1S/C22H20Cl2N2O3S/c1-15-6-3-4-7-17(15)14-26(30(2,28)29)18-12-10-16(11-13-18)22(27)25-20-9-5-8-19(23)21(20)24/h3-13H,14H2,1-2H3,(H,25,27). The normalized spacial score (nSPS) is 11.2. The molecule has 0 saturated carbocycles. The minimum atomic E-state index is -3.52. The number of carbonyl (C=O) groups is 1. The minimum Gasteiger partial charge on any atom is -0.321 e. The number of halogens is 2. The van der Waals surface area contributed by atoms with Crippen LogP contribution in [0.2, 0.25) is 10.0 Å². The van der Waals surface area contributed by atoms with Crippen molar-refractivity contribution in [2.45, 2.75) is 13.5 Å². The number of benzene rings is 3. The molecule has 0 spiro atoms. The maximum Gasteiger partial charge on any atom is 0.255 e. The highest BCUT2D eigenvalue weighted by atomic mass is 35.5. The smallest absolute Gasteiger partial charge is 0.255 e. The second-order valence-electron chi connectivity index (χ2n) is 6.80. The molecule has 8 heteroatoms. The SMILES string of the molecule is Cc1ccccc1CN(c1ccc(C(=O)Nc2cccc(Cl)c2Cl)cc1)S(C)(=O)=O. The Balaban J connectivity index is 1.84. The Hall–Kier alpha value is -2.54. The van der Waals surface area contributed by atoms with Gasteiger partial charge < -0.3 is 5.32 Å². The van der Waals surface area contributed by atoms with Crippen molar-refractivity contribution in [3.05, 3.63) is 93.5 Å². The molecule has 0 atom stereocenters. The van der Waals surface area contributed by atoms with Gasteiger partial charge in [-0.25, -0.2) is 8.42 Å². The van der Waals surface area contributed by atoms with Gasteiger partial charge in [-0.15, -0.1) is 0 Å². The summed E-state index contributed by atoms with van der Waals surface area (Å²) in [7, 11) is -3.52. The third-order valence-corrected chi connectivity index (χ3v) is 6.55. The van der Waals surface area contributed by atoms with Crippen LogP contribution in [0.25, 0.3) is 0 Å². The molecule has 0 fully saturated rings. The third kappa shape index (κ3) is 5.14. The molecule has 0 radical (unpaired) electrons. The van der Waals surface area contributed by atoms with E-state index >= 15 is 0 Å². The molecular weight excluding hydrogens is 443 g/mol. The number of sulfonamides is 1. The third-order valence-electron chi connectivity index (χ3n) is 4.59. The van der Waals surface area contributed by atoms with Crippen LogP contribution in [0.1, 0.15) is 21.5 Å². The number of hydrogen-bond donors (Lipinski definition) is 1. The summed E-state index contributed by atoms with van der Waals surface area (Å²) in [4.78, 5) is 12.5. The quantitative estimate of drug-likeness (QED) is 0.524. The van der Waals surface area contributed by atoms with E-state index in [1.807, 2.05) is 31.2 Å². The van der Waals surface area contributed by atoms with Gasteiger partial charge in [0.05, 0.1) is 34.2 Å². The molecule has 1 amide bonds. The highest BCUT2D eigenvalue weighted by Crippen LogP contribution is 2.30. The molecule has 0 saturated heterocycles. The van der Waals surface area contributed by atoms with Gasteiger partial charge in [-0.05, 0) is 54.4 Å². The van der Waals surface area contributed by atoms with Crippen LogP contribution >= 0.6 is 23.2 Å². The van der Waals surface area contributed by atoms with E-state index in [2.05, 4.69) is 5.32 Å². The zero-order valence-electron chi connectivity index (χ0n) is 16.4. The van der Waals surface area contributed by atoms with E-state index in [0.717, 1.165) is 17.4 Å². The van der Waals surface area contributed by atoms with Crippen molar-refractivity contribution in [1.82, 2.24) is 0 Å². The van der Waals surface area contributed by atoms with Crippen LogP contribution in [0.4, 0.5) is 11.4 Å². The second kappa shape index (κ2) is 9.08. The summed E-state index contributed by atoms with van der Waals surface area (Å²) in [5, 5.41) is 3.30. The lowest BCUT2D eigenvalue weighted by molar-refractivity contribution is 0.102. The fraction of sp³-hybridized carbons (Fsp3) is 0.136. The van der Waals surface area contributed by atoms with Crippen LogP contribution < -0.4 is 9.62 Å². The number of anilines is 2. The largest absolute Gasteiger partial charge is 0.321 e. The molecule has 3 aromatic carbocycles. The summed E-state index contributed by atoms with van der Waals surface area (Å²) in [5.74, 6) is -0.379. The summed E-state index contributed by atoms with van der Waals surface area (Å²) in [6, 6.07) is 18.9. The first kappa shape index (κ1) is 22.2. The highest BCUT2D eigenvalue weighted by molar-refractivity contribution is 7.92. The summed E-state index contributed by atoms with van der Waals surface area (Å²) in [5.41, 5.74) is 3.13. The molecule has 0 unspecified atom stereocenters. The predicted molar refractivity (Wildman–Crippen MR) is 123 cm³/mol. The summed E-state index contributed by atoms with van der Waals surface area (Å²) >= 11 is 12.1. The Kier molecular flexibility index (Phi) is 6.71. The van der Waals surface area contributed by atoms with Crippen LogP contribution in [-0.4, -0.2) is 20.6 Å². The van der Waals surface area contributed by atoms with Crippen LogP contribution in [0.15, 0.2) is 66.7 Å². The van der Waals surface area contributed by atoms with Gasteiger partial charge in [-0.3, -0.25) is 9.10 Å². The van der Waals surface area contributed by atoms with E-state index in [1.165, 1.54) is 4.31 Å². The van der Waals surface area contributed by atoms with Gasteiger partial charge in [0.1, 0.15) is 0 Å². The number of rotatable bonds is 6.